The summed E-state index contributed by atoms with van der Waals surface area (Å²) in [6.07, 6.45) is 4.39. The van der Waals surface area contributed by atoms with Crippen LogP contribution >= 0.6 is 0 Å². The van der Waals surface area contributed by atoms with Gasteiger partial charge in [-0.05, 0) is 43.7 Å². The van der Waals surface area contributed by atoms with Crippen molar-refractivity contribution in [2.45, 2.75) is 57.0 Å². The number of carbonyl (C=O) groups excluding carboxylic acids is 1. The molecule has 160 valence electrons. The summed E-state index contributed by atoms with van der Waals surface area (Å²) < 4.78 is 38.5. The third-order valence-electron chi connectivity index (χ3n) is 5.74. The molecule has 2 unspecified atom stereocenters. The SMILES string of the molecule is C#C[C@H]1CC[C@@H](C#N)N1C(=O)CNC1CC(C)CCN1c1ccc(C(F)(F)F)cn1. The fourth-order valence-electron chi connectivity index (χ4n) is 4.08. The van der Waals surface area contributed by atoms with Gasteiger partial charge in [0.15, 0.2) is 0 Å². The van der Waals surface area contributed by atoms with E-state index in [0.717, 1.165) is 25.1 Å². The first-order valence-corrected chi connectivity index (χ1v) is 9.94. The highest BCUT2D eigenvalue weighted by atomic mass is 19.4. The van der Waals surface area contributed by atoms with Gasteiger partial charge in [0.1, 0.15) is 11.9 Å². The second-order valence-electron chi connectivity index (χ2n) is 7.83. The number of hydrogen-bond donors (Lipinski definition) is 1. The first-order chi connectivity index (χ1) is 14.2. The molecule has 1 aromatic rings. The molecule has 6 nitrogen and oxygen atoms in total. The molecule has 4 atom stereocenters. The molecule has 0 bridgehead atoms. The molecular formula is C21H24F3N5O. The van der Waals surface area contributed by atoms with Crippen molar-refractivity contribution in [3.8, 4) is 18.4 Å². The molecule has 0 spiro atoms. The van der Waals surface area contributed by atoms with Gasteiger partial charge >= 0.3 is 6.18 Å². The van der Waals surface area contributed by atoms with Gasteiger partial charge in [-0.3, -0.25) is 10.1 Å². The molecule has 2 aliphatic rings. The van der Waals surface area contributed by atoms with Crippen LogP contribution in [0.15, 0.2) is 18.3 Å². The molecule has 2 fully saturated rings. The predicted octanol–water partition coefficient (Wildman–Crippen LogP) is 2.77. The number of hydrogen-bond acceptors (Lipinski definition) is 5. The Morgan fingerprint density at radius 3 is 2.67 bits per heavy atom. The quantitative estimate of drug-likeness (QED) is 0.760. The Kier molecular flexibility index (Phi) is 6.52. The number of nitrogens with one attached hydrogen (secondary N) is 1. The number of aromatic nitrogens is 1. The average molecular weight is 419 g/mol. The molecule has 3 rings (SSSR count). The Bertz CT molecular complexity index is 820. The average Bonchev–Trinajstić information content (AvgIpc) is 3.15. The van der Waals surface area contributed by atoms with E-state index in [2.05, 4.69) is 29.2 Å². The largest absolute Gasteiger partial charge is 0.417 e. The maximum atomic E-state index is 12.8. The van der Waals surface area contributed by atoms with Crippen LogP contribution in [0.1, 0.15) is 38.2 Å². The minimum Gasteiger partial charge on any atom is -0.341 e. The van der Waals surface area contributed by atoms with Crippen molar-refractivity contribution >= 4 is 11.7 Å². The fraction of sp³-hybridized carbons (Fsp3) is 0.571. The van der Waals surface area contributed by atoms with E-state index in [0.29, 0.717) is 31.1 Å². The van der Waals surface area contributed by atoms with Gasteiger partial charge in [-0.2, -0.15) is 18.4 Å². The number of carbonyl (C=O) groups is 1. The van der Waals surface area contributed by atoms with E-state index in [4.69, 9.17) is 6.42 Å². The van der Waals surface area contributed by atoms with Crippen LogP contribution in [0.5, 0.6) is 0 Å². The number of piperidine rings is 1. The van der Waals surface area contributed by atoms with Crippen LogP contribution in [0.2, 0.25) is 0 Å². The fourth-order valence-corrected chi connectivity index (χ4v) is 4.08. The molecule has 2 saturated heterocycles. The Hall–Kier alpha value is -2.78. The van der Waals surface area contributed by atoms with Gasteiger partial charge in [-0.15, -0.1) is 6.42 Å². The molecule has 1 amide bonds. The number of pyridine rings is 1. The molecule has 0 saturated carbocycles. The normalized spacial score (nSPS) is 26.9. The molecule has 3 heterocycles. The van der Waals surface area contributed by atoms with Crippen LogP contribution in [-0.2, 0) is 11.0 Å². The van der Waals surface area contributed by atoms with Crippen LogP contribution in [0, 0.1) is 29.6 Å². The highest BCUT2D eigenvalue weighted by Crippen LogP contribution is 2.31. The number of halogens is 3. The Morgan fingerprint density at radius 2 is 2.07 bits per heavy atom. The van der Waals surface area contributed by atoms with E-state index in [1.165, 1.54) is 11.0 Å². The van der Waals surface area contributed by atoms with Crippen molar-refractivity contribution in [1.82, 2.24) is 15.2 Å². The second kappa shape index (κ2) is 8.93. The third-order valence-corrected chi connectivity index (χ3v) is 5.74. The van der Waals surface area contributed by atoms with Gasteiger partial charge in [-0.1, -0.05) is 12.8 Å². The van der Waals surface area contributed by atoms with Crippen molar-refractivity contribution in [1.29, 1.82) is 5.26 Å². The Labute approximate surface area is 174 Å². The summed E-state index contributed by atoms with van der Waals surface area (Å²) in [6, 6.07) is 3.58. The summed E-state index contributed by atoms with van der Waals surface area (Å²) in [6.45, 7) is 2.70. The van der Waals surface area contributed by atoms with Gasteiger partial charge in [-0.25, -0.2) is 4.98 Å². The van der Waals surface area contributed by atoms with Crippen molar-refractivity contribution in [3.05, 3.63) is 23.9 Å². The third kappa shape index (κ3) is 4.68. The van der Waals surface area contributed by atoms with Crippen LogP contribution in [-0.4, -0.2) is 47.1 Å². The van der Waals surface area contributed by atoms with Crippen molar-refractivity contribution in [3.63, 3.8) is 0 Å². The van der Waals surface area contributed by atoms with E-state index in [-0.39, 0.29) is 24.7 Å². The van der Waals surface area contributed by atoms with Gasteiger partial charge in [0, 0.05) is 12.7 Å². The maximum absolute atomic E-state index is 12.8. The molecule has 0 aromatic carbocycles. The topological polar surface area (TPSA) is 72.3 Å². The molecule has 0 aliphatic carbocycles. The molecular weight excluding hydrogens is 395 g/mol. The zero-order chi connectivity index (χ0) is 21.9. The molecule has 0 radical (unpaired) electrons. The van der Waals surface area contributed by atoms with Crippen LogP contribution in [0.25, 0.3) is 0 Å². The van der Waals surface area contributed by atoms with Crippen molar-refractivity contribution in [2.75, 3.05) is 18.0 Å². The number of amides is 1. The lowest BCUT2D eigenvalue weighted by Gasteiger charge is -2.40. The minimum atomic E-state index is -4.44. The van der Waals surface area contributed by atoms with Crippen LogP contribution in [0.3, 0.4) is 0 Å². The number of nitriles is 1. The van der Waals surface area contributed by atoms with E-state index >= 15 is 0 Å². The van der Waals surface area contributed by atoms with E-state index < -0.39 is 17.8 Å². The number of rotatable bonds is 4. The van der Waals surface area contributed by atoms with Crippen LogP contribution in [0.4, 0.5) is 19.0 Å². The first-order valence-electron chi connectivity index (χ1n) is 9.94. The lowest BCUT2D eigenvalue weighted by molar-refractivity contribution is -0.137. The van der Waals surface area contributed by atoms with E-state index in [9.17, 15) is 23.2 Å². The number of anilines is 1. The highest BCUT2D eigenvalue weighted by Gasteiger charge is 2.37. The first kappa shape index (κ1) is 21.9. The zero-order valence-corrected chi connectivity index (χ0v) is 16.7. The minimum absolute atomic E-state index is 0.00905. The maximum Gasteiger partial charge on any atom is 0.417 e. The summed E-state index contributed by atoms with van der Waals surface area (Å²) in [5.41, 5.74) is -0.798. The lowest BCUT2D eigenvalue weighted by atomic mass is 9.96. The number of alkyl halides is 3. The van der Waals surface area contributed by atoms with Gasteiger partial charge in [0.25, 0.3) is 0 Å². The smallest absolute Gasteiger partial charge is 0.341 e. The second-order valence-corrected chi connectivity index (χ2v) is 7.83. The summed E-state index contributed by atoms with van der Waals surface area (Å²) in [5.74, 6) is 3.14. The lowest BCUT2D eigenvalue weighted by Crippen LogP contribution is -2.54. The zero-order valence-electron chi connectivity index (χ0n) is 16.7. The number of likely N-dealkylation sites (tertiary alicyclic amines) is 1. The highest BCUT2D eigenvalue weighted by molar-refractivity contribution is 5.80. The monoisotopic (exact) mass is 419 g/mol. The summed E-state index contributed by atoms with van der Waals surface area (Å²) >= 11 is 0. The molecule has 1 aromatic heterocycles. The molecule has 9 heteroatoms. The van der Waals surface area contributed by atoms with E-state index in [1.807, 2.05) is 4.90 Å². The van der Waals surface area contributed by atoms with E-state index in [1.54, 1.807) is 0 Å². The van der Waals surface area contributed by atoms with Gasteiger partial charge in [0.05, 0.1) is 30.4 Å². The predicted molar refractivity (Wildman–Crippen MR) is 105 cm³/mol. The van der Waals surface area contributed by atoms with Crippen molar-refractivity contribution in [2.24, 2.45) is 5.92 Å². The van der Waals surface area contributed by atoms with Gasteiger partial charge in [0.2, 0.25) is 5.91 Å². The standard InChI is InChI=1S/C21H24F3N5O/c1-3-16-5-6-17(11-25)29(16)20(30)13-27-19-10-14(2)8-9-28(19)18-7-4-15(12-26-18)21(22,23)24/h1,4,7,12,14,16-17,19,27H,5-6,8-10,13H2,2H3/t14?,16-,17-,19?/m0/s1. The number of terminal acetylenes is 1. The van der Waals surface area contributed by atoms with Crippen molar-refractivity contribution < 1.29 is 18.0 Å². The molecule has 2 aliphatic heterocycles. The summed E-state index contributed by atoms with van der Waals surface area (Å²) in [4.78, 5) is 20.1. The van der Waals surface area contributed by atoms with Crippen LogP contribution < -0.4 is 10.2 Å². The summed E-state index contributed by atoms with van der Waals surface area (Å²) in [7, 11) is 0. The van der Waals surface area contributed by atoms with Gasteiger partial charge < -0.3 is 9.80 Å². The Morgan fingerprint density at radius 1 is 1.33 bits per heavy atom. The summed E-state index contributed by atoms with van der Waals surface area (Å²) in [5, 5.41) is 12.5. The Balaban J connectivity index is 1.70. The molecule has 30 heavy (non-hydrogen) atoms. The number of nitrogens with zero attached hydrogens (tertiary/aromatic N) is 4. The molecule has 1 N–H and O–H groups in total.